The molecule has 1 aliphatic rings. The number of halogens is 3. The third-order valence-corrected chi connectivity index (χ3v) is 7.34. The second-order valence-electron chi connectivity index (χ2n) is 7.57. The number of carbonyl (C=O) groups excluding carboxylic acids is 2. The first-order valence-corrected chi connectivity index (χ1v) is 12.0. The quantitative estimate of drug-likeness (QED) is 0.465. The summed E-state index contributed by atoms with van der Waals surface area (Å²) in [7, 11) is 0. The maximum absolute atomic E-state index is 15.1. The molecule has 0 radical (unpaired) electrons. The van der Waals surface area contributed by atoms with Gasteiger partial charge in [0.2, 0.25) is 0 Å². The molecule has 13 heteroatoms. The van der Waals surface area contributed by atoms with Crippen LogP contribution >= 0.6 is 34.5 Å². The third-order valence-electron chi connectivity index (χ3n) is 5.29. The molecule has 2 atom stereocenters. The van der Waals surface area contributed by atoms with Gasteiger partial charge in [-0.05, 0) is 20.3 Å². The van der Waals surface area contributed by atoms with Gasteiger partial charge in [-0.3, -0.25) is 14.8 Å². The minimum absolute atomic E-state index is 0.0150. The van der Waals surface area contributed by atoms with Crippen molar-refractivity contribution >= 4 is 51.5 Å². The van der Waals surface area contributed by atoms with Crippen molar-refractivity contribution in [3.8, 4) is 11.4 Å². The SMILES string of the molecule is CCOC(=O)c1sc(N2CC[C@@H](NC(=O)c3[nH]c(C)c(Cl)c3Cl)[C@@H](F)C2)nc1-c1cnccn1. The second-order valence-corrected chi connectivity index (χ2v) is 9.30. The Morgan fingerprint density at radius 2 is 2.15 bits per heavy atom. The van der Waals surface area contributed by atoms with E-state index in [0.29, 0.717) is 35.2 Å². The van der Waals surface area contributed by atoms with E-state index in [9.17, 15) is 9.59 Å². The summed E-state index contributed by atoms with van der Waals surface area (Å²) in [5, 5.41) is 3.52. The average Bonchev–Trinajstić information content (AvgIpc) is 3.39. The molecule has 0 aliphatic carbocycles. The van der Waals surface area contributed by atoms with E-state index >= 15 is 4.39 Å². The van der Waals surface area contributed by atoms with Crippen molar-refractivity contribution in [1.29, 1.82) is 0 Å². The zero-order chi connectivity index (χ0) is 24.4. The minimum atomic E-state index is -1.38. The fraction of sp³-hybridized carbons (Fsp3) is 0.381. The number of rotatable bonds is 6. The number of esters is 1. The van der Waals surface area contributed by atoms with Gasteiger partial charge >= 0.3 is 5.97 Å². The lowest BCUT2D eigenvalue weighted by Gasteiger charge is -2.34. The Kier molecular flexibility index (Phi) is 7.34. The Morgan fingerprint density at radius 3 is 2.76 bits per heavy atom. The zero-order valence-electron chi connectivity index (χ0n) is 18.3. The van der Waals surface area contributed by atoms with Crippen LogP contribution in [0.15, 0.2) is 18.6 Å². The number of aromatic nitrogens is 4. The fourth-order valence-electron chi connectivity index (χ4n) is 3.58. The van der Waals surface area contributed by atoms with E-state index in [4.69, 9.17) is 27.9 Å². The van der Waals surface area contributed by atoms with Crippen LogP contribution in [0.25, 0.3) is 11.4 Å². The highest BCUT2D eigenvalue weighted by Gasteiger charge is 2.34. The Morgan fingerprint density at radius 1 is 1.35 bits per heavy atom. The van der Waals surface area contributed by atoms with Crippen LogP contribution in [0, 0.1) is 6.92 Å². The monoisotopic (exact) mass is 526 g/mol. The number of nitrogens with zero attached hydrogens (tertiary/aromatic N) is 4. The second kappa shape index (κ2) is 10.2. The zero-order valence-corrected chi connectivity index (χ0v) is 20.6. The van der Waals surface area contributed by atoms with E-state index in [0.717, 1.165) is 11.3 Å². The lowest BCUT2D eigenvalue weighted by atomic mass is 10.0. The summed E-state index contributed by atoms with van der Waals surface area (Å²) < 4.78 is 20.2. The molecule has 180 valence electrons. The van der Waals surface area contributed by atoms with E-state index in [-0.39, 0.29) is 33.8 Å². The van der Waals surface area contributed by atoms with Gasteiger partial charge in [-0.25, -0.2) is 14.2 Å². The van der Waals surface area contributed by atoms with Gasteiger partial charge in [0, 0.05) is 24.6 Å². The number of H-pyrrole nitrogens is 1. The number of hydrogen-bond acceptors (Lipinski definition) is 8. The normalized spacial score (nSPS) is 18.1. The summed E-state index contributed by atoms with van der Waals surface area (Å²) >= 11 is 13.2. The number of hydrogen-bond donors (Lipinski definition) is 2. The molecule has 3 aromatic heterocycles. The molecule has 0 bridgehead atoms. The molecule has 1 fully saturated rings. The van der Waals surface area contributed by atoms with E-state index in [1.54, 1.807) is 18.7 Å². The maximum Gasteiger partial charge on any atom is 0.350 e. The van der Waals surface area contributed by atoms with Crippen molar-refractivity contribution < 1.29 is 18.7 Å². The summed E-state index contributed by atoms with van der Waals surface area (Å²) in [6.45, 7) is 4.01. The maximum atomic E-state index is 15.1. The van der Waals surface area contributed by atoms with Gasteiger partial charge in [0.1, 0.15) is 28.1 Å². The predicted molar refractivity (Wildman–Crippen MR) is 128 cm³/mol. The van der Waals surface area contributed by atoms with Crippen molar-refractivity contribution in [1.82, 2.24) is 25.3 Å². The van der Waals surface area contributed by atoms with Crippen molar-refractivity contribution in [2.45, 2.75) is 32.5 Å². The van der Waals surface area contributed by atoms with Gasteiger partial charge in [-0.15, -0.1) is 0 Å². The summed E-state index contributed by atoms with van der Waals surface area (Å²) in [4.78, 5) is 42.7. The number of anilines is 1. The molecule has 0 saturated carbocycles. The number of alkyl halides is 1. The molecule has 1 amide bonds. The van der Waals surface area contributed by atoms with Crippen LogP contribution in [0.5, 0.6) is 0 Å². The number of nitrogens with one attached hydrogen (secondary N) is 2. The van der Waals surface area contributed by atoms with Crippen molar-refractivity contribution in [3.05, 3.63) is 44.9 Å². The molecular formula is C21H21Cl2FN6O3S. The van der Waals surface area contributed by atoms with E-state index in [1.807, 2.05) is 0 Å². The Balaban J connectivity index is 1.50. The molecular weight excluding hydrogens is 506 g/mol. The third kappa shape index (κ3) is 4.86. The molecule has 3 aromatic rings. The largest absolute Gasteiger partial charge is 0.462 e. The Labute approximate surface area is 208 Å². The number of aryl methyl sites for hydroxylation is 1. The van der Waals surface area contributed by atoms with Crippen LogP contribution in [-0.2, 0) is 4.74 Å². The summed E-state index contributed by atoms with van der Waals surface area (Å²) in [5.74, 6) is -1.05. The molecule has 34 heavy (non-hydrogen) atoms. The number of carbonyl (C=O) groups is 2. The topological polar surface area (TPSA) is 113 Å². The Bertz CT molecular complexity index is 1200. The highest BCUT2D eigenvalue weighted by molar-refractivity contribution is 7.17. The summed E-state index contributed by atoms with van der Waals surface area (Å²) in [6, 6.07) is -0.717. The van der Waals surface area contributed by atoms with Crippen LogP contribution in [0.3, 0.4) is 0 Å². The van der Waals surface area contributed by atoms with Gasteiger partial charge in [-0.2, -0.15) is 0 Å². The smallest absolute Gasteiger partial charge is 0.350 e. The minimum Gasteiger partial charge on any atom is -0.462 e. The first-order valence-electron chi connectivity index (χ1n) is 10.5. The number of ether oxygens (including phenoxy) is 1. The van der Waals surface area contributed by atoms with Crippen molar-refractivity contribution in [2.24, 2.45) is 0 Å². The molecule has 1 aliphatic heterocycles. The molecule has 0 spiro atoms. The first kappa shape index (κ1) is 24.4. The standard InChI is InChI=1S/C21H21Cl2FN6O3S/c1-3-33-20(32)18-16(13-8-25-5-6-26-13)29-21(34-18)30-7-4-12(11(24)9-30)28-19(31)17-15(23)14(22)10(2)27-17/h5-6,8,11-12,27H,3-4,7,9H2,1-2H3,(H,28,31)/t11-,12+/m0/s1. The highest BCUT2D eigenvalue weighted by atomic mass is 35.5. The van der Waals surface area contributed by atoms with E-state index < -0.39 is 24.1 Å². The van der Waals surface area contributed by atoms with E-state index in [2.05, 4.69) is 25.3 Å². The molecule has 9 nitrogen and oxygen atoms in total. The highest BCUT2D eigenvalue weighted by Crippen LogP contribution is 2.34. The summed E-state index contributed by atoms with van der Waals surface area (Å²) in [5.41, 5.74) is 1.42. The first-order chi connectivity index (χ1) is 16.3. The van der Waals surface area contributed by atoms with Crippen LogP contribution in [-0.4, -0.2) is 63.7 Å². The molecule has 4 rings (SSSR count). The van der Waals surface area contributed by atoms with Crippen molar-refractivity contribution in [2.75, 3.05) is 24.6 Å². The summed E-state index contributed by atoms with van der Waals surface area (Å²) in [6.07, 6.45) is 3.47. The lowest BCUT2D eigenvalue weighted by Crippen LogP contribution is -2.52. The molecule has 0 aromatic carbocycles. The van der Waals surface area contributed by atoms with Gasteiger partial charge in [-0.1, -0.05) is 34.5 Å². The van der Waals surface area contributed by atoms with E-state index in [1.165, 1.54) is 18.6 Å². The fourth-order valence-corrected chi connectivity index (χ4v) is 5.00. The van der Waals surface area contributed by atoms with Crippen LogP contribution in [0.2, 0.25) is 10.0 Å². The van der Waals surface area contributed by atoms with Crippen LogP contribution in [0.4, 0.5) is 9.52 Å². The molecule has 1 saturated heterocycles. The van der Waals surface area contributed by atoms with Gasteiger partial charge in [0.05, 0.1) is 35.4 Å². The average molecular weight is 527 g/mol. The van der Waals surface area contributed by atoms with Gasteiger partial charge in [0.25, 0.3) is 5.91 Å². The number of amides is 1. The van der Waals surface area contributed by atoms with Gasteiger partial charge < -0.3 is 19.9 Å². The Hall–Kier alpha value is -2.76. The molecule has 0 unspecified atom stereocenters. The number of aromatic amines is 1. The van der Waals surface area contributed by atoms with Gasteiger partial charge in [0.15, 0.2) is 5.13 Å². The number of piperidine rings is 1. The molecule has 2 N–H and O–H groups in total. The lowest BCUT2D eigenvalue weighted by molar-refractivity contribution is 0.0532. The predicted octanol–water partition coefficient (Wildman–Crippen LogP) is 4.07. The van der Waals surface area contributed by atoms with Crippen molar-refractivity contribution in [3.63, 3.8) is 0 Å². The molecule has 4 heterocycles. The van der Waals surface area contributed by atoms with Crippen LogP contribution < -0.4 is 10.2 Å². The number of thiazole rings is 1. The van der Waals surface area contributed by atoms with Crippen LogP contribution in [0.1, 0.15) is 39.2 Å².